The Morgan fingerprint density at radius 2 is 1.85 bits per heavy atom. The van der Waals surface area contributed by atoms with E-state index < -0.39 is 46.3 Å². The molecule has 2 fully saturated rings. The SMILES string of the molecule is CO[C@@]12CC[C@@H](N[C@@H](CC(=O)OC(C)(C)C)C(=O)OC(C)(C)C)[C@@H]3Oc4c(O)ccc5c4[C@@]31CCN(C)[C@@H]2C5. The lowest BCUT2D eigenvalue weighted by Crippen LogP contribution is -2.78. The molecule has 1 saturated carbocycles. The quantitative estimate of drug-likeness (QED) is 0.522. The lowest BCUT2D eigenvalue weighted by atomic mass is 9.48. The molecule has 2 heterocycles. The van der Waals surface area contributed by atoms with Gasteiger partial charge in [-0.2, -0.15) is 0 Å². The number of esters is 2. The Morgan fingerprint density at radius 1 is 1.15 bits per heavy atom. The fourth-order valence-electron chi connectivity index (χ4n) is 7.70. The summed E-state index contributed by atoms with van der Waals surface area (Å²) in [4.78, 5) is 28.7. The van der Waals surface area contributed by atoms with Gasteiger partial charge in [-0.25, -0.2) is 0 Å². The number of aromatic hydroxyl groups is 1. The highest BCUT2D eigenvalue weighted by Gasteiger charge is 2.73. The van der Waals surface area contributed by atoms with Crippen LogP contribution < -0.4 is 10.1 Å². The number of carbonyl (C=O) groups excluding carboxylic acids is 2. The third kappa shape index (κ3) is 4.50. The Hall–Kier alpha value is -2.36. The van der Waals surface area contributed by atoms with Gasteiger partial charge >= 0.3 is 11.9 Å². The van der Waals surface area contributed by atoms with Crippen LogP contribution in [-0.4, -0.2) is 83.7 Å². The molecule has 1 aromatic carbocycles. The van der Waals surface area contributed by atoms with Gasteiger partial charge in [0.05, 0.1) is 17.4 Å². The molecule has 0 aromatic heterocycles. The second-order valence-corrected chi connectivity index (χ2v) is 13.7. The van der Waals surface area contributed by atoms with Gasteiger partial charge in [0.15, 0.2) is 11.5 Å². The van der Waals surface area contributed by atoms with Crippen LogP contribution in [0.5, 0.6) is 11.5 Å². The summed E-state index contributed by atoms with van der Waals surface area (Å²) in [5.41, 5.74) is -0.166. The third-order valence-electron chi connectivity index (χ3n) is 8.95. The van der Waals surface area contributed by atoms with Crippen LogP contribution in [0.3, 0.4) is 0 Å². The summed E-state index contributed by atoms with van der Waals surface area (Å²) in [6, 6.07) is 2.69. The van der Waals surface area contributed by atoms with Crippen molar-refractivity contribution in [3.63, 3.8) is 0 Å². The van der Waals surface area contributed by atoms with Crippen molar-refractivity contribution in [1.82, 2.24) is 10.2 Å². The van der Waals surface area contributed by atoms with Crippen molar-refractivity contribution in [3.05, 3.63) is 23.3 Å². The lowest BCUT2D eigenvalue weighted by molar-refractivity contribution is -0.204. The number of methoxy groups -OCH3 is 1. The number of carbonyl (C=O) groups is 2. The summed E-state index contributed by atoms with van der Waals surface area (Å²) >= 11 is 0. The fraction of sp³-hybridized carbons (Fsp3) is 0.733. The van der Waals surface area contributed by atoms with Gasteiger partial charge in [-0.15, -0.1) is 0 Å². The molecule has 39 heavy (non-hydrogen) atoms. The zero-order valence-corrected chi connectivity index (χ0v) is 24.6. The molecule has 9 heteroatoms. The summed E-state index contributed by atoms with van der Waals surface area (Å²) in [7, 11) is 3.94. The first-order valence-electron chi connectivity index (χ1n) is 14.1. The normalized spacial score (nSPS) is 32.2. The molecule has 0 radical (unpaired) electrons. The number of phenols is 1. The van der Waals surface area contributed by atoms with E-state index in [1.807, 2.05) is 26.8 Å². The minimum Gasteiger partial charge on any atom is -0.504 e. The molecule has 2 N–H and O–H groups in total. The highest BCUT2D eigenvalue weighted by molar-refractivity contribution is 5.83. The zero-order valence-electron chi connectivity index (χ0n) is 24.6. The Morgan fingerprint density at radius 3 is 2.49 bits per heavy atom. The predicted molar refractivity (Wildman–Crippen MR) is 145 cm³/mol. The summed E-state index contributed by atoms with van der Waals surface area (Å²) in [5.74, 6) is -0.329. The lowest BCUT2D eigenvalue weighted by Gasteiger charge is -2.65. The third-order valence-corrected chi connectivity index (χ3v) is 8.95. The van der Waals surface area contributed by atoms with E-state index in [0.717, 1.165) is 31.4 Å². The molecule has 9 nitrogen and oxygen atoms in total. The number of likely N-dealkylation sites (N-methyl/N-ethyl adjacent to an activating group) is 1. The van der Waals surface area contributed by atoms with Gasteiger partial charge in [0.2, 0.25) is 0 Å². The van der Waals surface area contributed by atoms with E-state index in [1.54, 1.807) is 33.9 Å². The molecular weight excluding hydrogens is 500 g/mol. The van der Waals surface area contributed by atoms with Crippen molar-refractivity contribution in [2.45, 2.75) is 120 Å². The molecule has 5 rings (SSSR count). The van der Waals surface area contributed by atoms with E-state index in [1.165, 1.54) is 5.56 Å². The number of rotatable bonds is 6. The van der Waals surface area contributed by atoms with E-state index in [4.69, 9.17) is 18.9 Å². The molecular formula is C30H44N2O7. The van der Waals surface area contributed by atoms with Crippen LogP contribution in [0.25, 0.3) is 0 Å². The minimum absolute atomic E-state index is 0.121. The number of benzene rings is 1. The second-order valence-electron chi connectivity index (χ2n) is 13.7. The number of hydrogen-bond donors (Lipinski definition) is 2. The number of piperidine rings is 1. The van der Waals surface area contributed by atoms with Crippen LogP contribution in [0, 0.1) is 0 Å². The van der Waals surface area contributed by atoms with E-state index in [9.17, 15) is 14.7 Å². The van der Waals surface area contributed by atoms with Crippen LogP contribution in [-0.2, 0) is 35.6 Å². The van der Waals surface area contributed by atoms with Gasteiger partial charge in [-0.05, 0) is 92.4 Å². The minimum atomic E-state index is -0.915. The van der Waals surface area contributed by atoms with Crippen molar-refractivity contribution in [2.75, 3.05) is 20.7 Å². The average molecular weight is 545 g/mol. The molecule has 1 saturated heterocycles. The molecule has 1 spiro atoms. The molecule has 2 aliphatic carbocycles. The number of phenolic OH excluding ortho intramolecular Hbond substituents is 1. The van der Waals surface area contributed by atoms with Gasteiger partial charge in [0.25, 0.3) is 0 Å². The van der Waals surface area contributed by atoms with Crippen molar-refractivity contribution < 1.29 is 33.6 Å². The first-order valence-corrected chi connectivity index (χ1v) is 14.1. The van der Waals surface area contributed by atoms with E-state index >= 15 is 0 Å². The van der Waals surface area contributed by atoms with E-state index in [0.29, 0.717) is 12.2 Å². The van der Waals surface area contributed by atoms with Crippen LogP contribution in [0.1, 0.15) is 78.4 Å². The van der Waals surface area contributed by atoms with Crippen molar-refractivity contribution >= 4 is 11.9 Å². The highest BCUT2D eigenvalue weighted by Crippen LogP contribution is 2.66. The number of likely N-dealkylation sites (tertiary alicyclic amines) is 1. The molecule has 2 aliphatic heterocycles. The Balaban J connectivity index is 1.52. The first-order chi connectivity index (χ1) is 18.1. The fourth-order valence-corrected chi connectivity index (χ4v) is 7.70. The molecule has 216 valence electrons. The Bertz CT molecular complexity index is 1160. The van der Waals surface area contributed by atoms with Crippen molar-refractivity contribution in [1.29, 1.82) is 0 Å². The Labute approximate surface area is 231 Å². The number of nitrogens with zero attached hydrogens (tertiary/aromatic N) is 1. The molecule has 0 amide bonds. The van der Waals surface area contributed by atoms with Crippen LogP contribution in [0.2, 0.25) is 0 Å². The maximum absolute atomic E-state index is 13.4. The van der Waals surface area contributed by atoms with E-state index in [2.05, 4.69) is 17.3 Å². The molecule has 4 aliphatic rings. The Kier molecular flexibility index (Phi) is 6.75. The molecule has 1 aromatic rings. The molecule has 2 bridgehead atoms. The van der Waals surface area contributed by atoms with Crippen molar-refractivity contribution in [3.8, 4) is 11.5 Å². The average Bonchev–Trinajstić information content (AvgIpc) is 3.17. The monoisotopic (exact) mass is 544 g/mol. The number of ether oxygens (including phenoxy) is 4. The predicted octanol–water partition coefficient (Wildman–Crippen LogP) is 3.23. The maximum atomic E-state index is 13.4. The van der Waals surface area contributed by atoms with Crippen LogP contribution >= 0.6 is 0 Å². The largest absolute Gasteiger partial charge is 0.504 e. The first kappa shape index (κ1) is 28.2. The van der Waals surface area contributed by atoms with Crippen LogP contribution in [0.4, 0.5) is 0 Å². The number of hydrogen-bond acceptors (Lipinski definition) is 9. The van der Waals surface area contributed by atoms with Crippen molar-refractivity contribution in [2.24, 2.45) is 0 Å². The van der Waals surface area contributed by atoms with Gasteiger partial charge in [-0.1, -0.05) is 6.07 Å². The molecule has 6 atom stereocenters. The van der Waals surface area contributed by atoms with Gasteiger partial charge in [0.1, 0.15) is 23.3 Å². The van der Waals surface area contributed by atoms with E-state index in [-0.39, 0.29) is 24.3 Å². The van der Waals surface area contributed by atoms with Gasteiger partial charge in [0, 0.05) is 24.8 Å². The van der Waals surface area contributed by atoms with Gasteiger partial charge in [-0.3, -0.25) is 14.9 Å². The van der Waals surface area contributed by atoms with Gasteiger partial charge < -0.3 is 29.0 Å². The number of nitrogens with one attached hydrogen (secondary N) is 1. The highest BCUT2D eigenvalue weighted by atomic mass is 16.6. The maximum Gasteiger partial charge on any atom is 0.324 e. The summed E-state index contributed by atoms with van der Waals surface area (Å²) in [6.45, 7) is 11.7. The summed E-state index contributed by atoms with van der Waals surface area (Å²) in [5, 5.41) is 14.4. The van der Waals surface area contributed by atoms with Crippen LogP contribution in [0.15, 0.2) is 12.1 Å². The summed E-state index contributed by atoms with van der Waals surface area (Å²) < 4.78 is 24.5. The topological polar surface area (TPSA) is 107 Å². The smallest absolute Gasteiger partial charge is 0.324 e. The summed E-state index contributed by atoms with van der Waals surface area (Å²) in [6.07, 6.45) is 2.48. The standard InChI is InChI=1S/C30H44N2O7/c1-27(2,3)38-22(34)16-19(26(35)39-28(4,5)6)31-18-11-12-30(36-8)21-15-17-9-10-20(33)24-23(17)29(30,25(18)37-24)13-14-32(21)7/h9-10,18-19,21,25,31,33H,11-16H2,1-8H3/t18-,19+,21-,25+,29+,30-/m1/s1. The molecule has 0 unspecified atom stereocenters. The zero-order chi connectivity index (χ0) is 28.5. The second kappa shape index (κ2) is 9.35.